The molecule has 1 amide bonds. The highest BCUT2D eigenvalue weighted by atomic mass is 35.5. The van der Waals surface area contributed by atoms with Gasteiger partial charge < -0.3 is 5.32 Å². The summed E-state index contributed by atoms with van der Waals surface area (Å²) in [5.41, 5.74) is 1.80. The number of halogens is 1. The quantitative estimate of drug-likeness (QED) is 0.509. The summed E-state index contributed by atoms with van der Waals surface area (Å²) in [6.07, 6.45) is 3.07. The highest BCUT2D eigenvalue weighted by Crippen LogP contribution is 2.22. The van der Waals surface area contributed by atoms with Crippen LogP contribution in [0.15, 0.2) is 76.8 Å². The summed E-state index contributed by atoms with van der Waals surface area (Å²) in [6, 6.07) is 14.1. The molecule has 0 saturated heterocycles. The average molecular weight is 427 g/mol. The number of nitrogens with zero attached hydrogens (tertiary/aromatic N) is 2. The van der Waals surface area contributed by atoms with Crippen LogP contribution in [0.3, 0.4) is 0 Å². The number of aromatic nitrogens is 3. The first kappa shape index (κ1) is 19.1. The van der Waals surface area contributed by atoms with Crippen molar-refractivity contribution in [3.63, 3.8) is 0 Å². The number of pyridine rings is 1. The minimum absolute atomic E-state index is 0.171. The highest BCUT2D eigenvalue weighted by molar-refractivity contribution is 7.91. The number of carbonyl (C=O) groups is 1. The van der Waals surface area contributed by atoms with Crippen LogP contribution in [-0.4, -0.2) is 29.5 Å². The van der Waals surface area contributed by atoms with Crippen molar-refractivity contribution in [3.8, 4) is 0 Å². The van der Waals surface area contributed by atoms with Gasteiger partial charge in [-0.3, -0.25) is 9.89 Å². The largest absolute Gasteiger partial charge is 0.348 e. The second-order valence-electron chi connectivity index (χ2n) is 6.32. The lowest BCUT2D eigenvalue weighted by Gasteiger charge is -2.08. The van der Waals surface area contributed by atoms with E-state index in [9.17, 15) is 13.2 Å². The van der Waals surface area contributed by atoms with Gasteiger partial charge >= 0.3 is 0 Å². The SMILES string of the molecule is O=C(NCc1ccc(S(=O)(=O)c2ccc(Cl)cc2)cc1)c1cnc2[nH]ncc2c1. The molecule has 2 heterocycles. The predicted octanol–water partition coefficient (Wildman–Crippen LogP) is 3.37. The van der Waals surface area contributed by atoms with Gasteiger partial charge in [0.05, 0.1) is 21.6 Å². The second kappa shape index (κ2) is 7.65. The van der Waals surface area contributed by atoms with E-state index in [-0.39, 0.29) is 22.2 Å². The molecule has 0 aliphatic heterocycles. The van der Waals surface area contributed by atoms with Gasteiger partial charge in [0, 0.05) is 23.2 Å². The average Bonchev–Trinajstić information content (AvgIpc) is 3.20. The first-order valence-electron chi connectivity index (χ1n) is 8.60. The van der Waals surface area contributed by atoms with Gasteiger partial charge in [-0.2, -0.15) is 5.10 Å². The smallest absolute Gasteiger partial charge is 0.253 e. The fourth-order valence-electron chi connectivity index (χ4n) is 2.78. The number of fused-ring (bicyclic) bond motifs is 1. The fraction of sp³-hybridized carbons (Fsp3) is 0.0500. The Kier molecular flexibility index (Phi) is 5.04. The van der Waals surface area contributed by atoms with Crippen LogP contribution in [0.5, 0.6) is 0 Å². The zero-order chi connectivity index (χ0) is 20.4. The zero-order valence-electron chi connectivity index (χ0n) is 15.0. The maximum Gasteiger partial charge on any atom is 0.253 e. The summed E-state index contributed by atoms with van der Waals surface area (Å²) >= 11 is 5.82. The molecule has 4 aromatic rings. The monoisotopic (exact) mass is 426 g/mol. The van der Waals surface area contributed by atoms with Crippen molar-refractivity contribution >= 4 is 38.4 Å². The number of aromatic amines is 1. The van der Waals surface area contributed by atoms with E-state index in [0.717, 1.165) is 10.9 Å². The second-order valence-corrected chi connectivity index (χ2v) is 8.70. The topological polar surface area (TPSA) is 105 Å². The van der Waals surface area contributed by atoms with Crippen LogP contribution in [0.25, 0.3) is 11.0 Å². The van der Waals surface area contributed by atoms with Gasteiger partial charge in [0.15, 0.2) is 5.65 Å². The maximum absolute atomic E-state index is 12.7. The highest BCUT2D eigenvalue weighted by Gasteiger charge is 2.17. The summed E-state index contributed by atoms with van der Waals surface area (Å²) < 4.78 is 25.3. The predicted molar refractivity (Wildman–Crippen MR) is 108 cm³/mol. The Hall–Kier alpha value is -3.23. The van der Waals surface area contributed by atoms with Gasteiger partial charge in [0.2, 0.25) is 9.84 Å². The van der Waals surface area contributed by atoms with Crippen molar-refractivity contribution < 1.29 is 13.2 Å². The first-order chi connectivity index (χ1) is 13.9. The lowest BCUT2D eigenvalue weighted by atomic mass is 10.2. The van der Waals surface area contributed by atoms with Gasteiger partial charge in [-0.1, -0.05) is 23.7 Å². The van der Waals surface area contributed by atoms with Crippen LogP contribution in [0.1, 0.15) is 15.9 Å². The van der Waals surface area contributed by atoms with Crippen molar-refractivity contribution in [1.29, 1.82) is 0 Å². The molecule has 2 aromatic heterocycles. The molecule has 146 valence electrons. The molecule has 4 rings (SSSR count). The van der Waals surface area contributed by atoms with Crippen molar-refractivity contribution in [2.45, 2.75) is 16.3 Å². The Morgan fingerprint density at radius 1 is 1.00 bits per heavy atom. The summed E-state index contributed by atoms with van der Waals surface area (Å²) in [7, 11) is -3.63. The van der Waals surface area contributed by atoms with E-state index in [1.165, 1.54) is 42.6 Å². The number of rotatable bonds is 5. The fourth-order valence-corrected chi connectivity index (χ4v) is 4.17. The lowest BCUT2D eigenvalue weighted by Crippen LogP contribution is -2.22. The molecule has 29 heavy (non-hydrogen) atoms. The minimum atomic E-state index is -3.63. The van der Waals surface area contributed by atoms with Crippen molar-refractivity contribution in [1.82, 2.24) is 20.5 Å². The van der Waals surface area contributed by atoms with Gasteiger partial charge in [0.25, 0.3) is 5.91 Å². The maximum atomic E-state index is 12.7. The Balaban J connectivity index is 1.45. The molecule has 2 aromatic carbocycles. The molecular formula is C20H15ClN4O3S. The minimum Gasteiger partial charge on any atom is -0.348 e. The van der Waals surface area contributed by atoms with Crippen LogP contribution < -0.4 is 5.32 Å². The molecule has 0 aliphatic rings. The molecule has 0 spiro atoms. The Morgan fingerprint density at radius 2 is 1.66 bits per heavy atom. The van der Waals surface area contributed by atoms with Crippen LogP contribution in [0, 0.1) is 0 Å². The summed E-state index contributed by atoms with van der Waals surface area (Å²) in [4.78, 5) is 16.8. The van der Waals surface area contributed by atoms with Gasteiger partial charge in [-0.25, -0.2) is 13.4 Å². The van der Waals surface area contributed by atoms with Crippen molar-refractivity contribution in [2.75, 3.05) is 0 Å². The molecule has 0 unspecified atom stereocenters. The number of benzene rings is 2. The molecule has 0 bridgehead atoms. The van der Waals surface area contributed by atoms with Gasteiger partial charge in [-0.05, 0) is 48.0 Å². The Bertz CT molecular complexity index is 1280. The molecular weight excluding hydrogens is 412 g/mol. The molecule has 7 nitrogen and oxygen atoms in total. The Labute approximate surface area is 171 Å². The number of sulfone groups is 1. The third-order valence-electron chi connectivity index (χ3n) is 4.36. The standard InChI is InChI=1S/C20H15ClN4O3S/c21-16-3-7-18(8-4-16)29(27,28)17-5-1-13(2-6-17)10-23-20(26)15-9-14-12-24-25-19(14)22-11-15/h1-9,11-12H,10H2,(H,23,26)(H,22,24,25). The van der Waals surface area contributed by atoms with E-state index in [1.54, 1.807) is 24.4 Å². The van der Waals surface area contributed by atoms with Gasteiger partial charge in [-0.15, -0.1) is 0 Å². The first-order valence-corrected chi connectivity index (χ1v) is 10.5. The van der Waals surface area contributed by atoms with E-state index in [1.807, 2.05) is 0 Å². The molecule has 0 atom stereocenters. The number of amides is 1. The summed E-state index contributed by atoms with van der Waals surface area (Å²) in [6.45, 7) is 0.254. The van der Waals surface area contributed by atoms with Gasteiger partial charge in [0.1, 0.15) is 0 Å². The summed E-state index contributed by atoms with van der Waals surface area (Å²) in [5, 5.41) is 10.6. The van der Waals surface area contributed by atoms with Crippen molar-refractivity contribution in [2.24, 2.45) is 0 Å². The summed E-state index contributed by atoms with van der Waals surface area (Å²) in [5.74, 6) is -0.279. The molecule has 0 aliphatic carbocycles. The van der Waals surface area contributed by atoms with E-state index in [0.29, 0.717) is 16.2 Å². The van der Waals surface area contributed by atoms with E-state index in [4.69, 9.17) is 11.6 Å². The number of nitrogens with one attached hydrogen (secondary N) is 2. The van der Waals surface area contributed by atoms with Crippen LogP contribution in [0.4, 0.5) is 0 Å². The molecule has 0 fully saturated rings. The zero-order valence-corrected chi connectivity index (χ0v) is 16.5. The molecule has 0 radical (unpaired) electrons. The molecule has 9 heteroatoms. The van der Waals surface area contributed by atoms with Crippen molar-refractivity contribution in [3.05, 3.63) is 83.1 Å². The third kappa shape index (κ3) is 3.98. The number of hydrogen-bond donors (Lipinski definition) is 2. The third-order valence-corrected chi connectivity index (χ3v) is 6.40. The van der Waals surface area contributed by atoms with E-state index in [2.05, 4.69) is 20.5 Å². The number of carbonyl (C=O) groups excluding carboxylic acids is 1. The lowest BCUT2D eigenvalue weighted by molar-refractivity contribution is 0.0950. The number of H-pyrrole nitrogens is 1. The van der Waals surface area contributed by atoms with Crippen LogP contribution in [0.2, 0.25) is 5.02 Å². The Morgan fingerprint density at radius 3 is 2.34 bits per heavy atom. The normalized spacial score (nSPS) is 11.5. The molecule has 0 saturated carbocycles. The van der Waals surface area contributed by atoms with E-state index >= 15 is 0 Å². The van der Waals surface area contributed by atoms with Crippen LogP contribution >= 0.6 is 11.6 Å². The van der Waals surface area contributed by atoms with E-state index < -0.39 is 9.84 Å². The van der Waals surface area contributed by atoms with Crippen LogP contribution in [-0.2, 0) is 16.4 Å². The number of hydrogen-bond acceptors (Lipinski definition) is 5. The molecule has 2 N–H and O–H groups in total.